The lowest BCUT2D eigenvalue weighted by Gasteiger charge is -2.19. The van der Waals surface area contributed by atoms with Crippen molar-refractivity contribution >= 4 is 0 Å². The van der Waals surface area contributed by atoms with Crippen LogP contribution in [0.2, 0.25) is 0 Å². The van der Waals surface area contributed by atoms with E-state index in [0.29, 0.717) is 12.5 Å². The highest BCUT2D eigenvalue weighted by atomic mass is 15.3. The Kier molecular flexibility index (Phi) is 1.84. The van der Waals surface area contributed by atoms with Crippen LogP contribution in [0.3, 0.4) is 0 Å². The third-order valence-electron chi connectivity index (χ3n) is 2.50. The molecule has 1 aliphatic heterocycles. The number of fused-ring (bicyclic) bond motifs is 1. The van der Waals surface area contributed by atoms with Crippen LogP contribution in [-0.4, -0.2) is 14.8 Å². The van der Waals surface area contributed by atoms with Gasteiger partial charge >= 0.3 is 0 Å². The molecule has 0 spiro atoms. The summed E-state index contributed by atoms with van der Waals surface area (Å²) in [5.41, 5.74) is 5.54. The van der Waals surface area contributed by atoms with Gasteiger partial charge in [0, 0.05) is 12.5 Å². The topological polar surface area (TPSA) is 56.7 Å². The van der Waals surface area contributed by atoms with Gasteiger partial charge in [0.25, 0.3) is 0 Å². The first kappa shape index (κ1) is 7.73. The summed E-state index contributed by atoms with van der Waals surface area (Å²) in [6.45, 7) is 3.74. The molecule has 66 valence electrons. The maximum atomic E-state index is 5.54. The minimum Gasteiger partial charge on any atom is -0.324 e. The monoisotopic (exact) mass is 166 g/mol. The van der Waals surface area contributed by atoms with Gasteiger partial charge in [-0.15, -0.1) is 10.2 Å². The Morgan fingerprint density at radius 2 is 2.42 bits per heavy atom. The third kappa shape index (κ3) is 1.03. The zero-order valence-corrected chi connectivity index (χ0v) is 7.32. The van der Waals surface area contributed by atoms with Gasteiger partial charge in [0.15, 0.2) is 0 Å². The Balaban J connectivity index is 2.41. The highest BCUT2D eigenvalue weighted by Crippen LogP contribution is 2.25. The maximum absolute atomic E-state index is 5.54. The number of nitrogens with zero attached hydrogens (tertiary/aromatic N) is 3. The molecule has 0 saturated heterocycles. The number of nitrogens with two attached hydrogens (primary N) is 1. The van der Waals surface area contributed by atoms with Gasteiger partial charge in [-0.05, 0) is 12.8 Å². The van der Waals surface area contributed by atoms with Crippen LogP contribution in [0, 0.1) is 0 Å². The van der Waals surface area contributed by atoms with Crippen molar-refractivity contribution in [3.05, 3.63) is 11.6 Å². The molecule has 0 aliphatic carbocycles. The molecule has 0 bridgehead atoms. The van der Waals surface area contributed by atoms with Crippen LogP contribution >= 0.6 is 0 Å². The van der Waals surface area contributed by atoms with Crippen LogP contribution in [0.25, 0.3) is 0 Å². The molecule has 2 rings (SSSR count). The van der Waals surface area contributed by atoms with E-state index in [1.54, 1.807) is 0 Å². The Morgan fingerprint density at radius 1 is 1.58 bits per heavy atom. The van der Waals surface area contributed by atoms with Crippen molar-refractivity contribution in [1.29, 1.82) is 0 Å². The predicted molar refractivity (Wildman–Crippen MR) is 45.6 cm³/mol. The number of rotatable bonds is 1. The van der Waals surface area contributed by atoms with Crippen molar-refractivity contribution in [3.63, 3.8) is 0 Å². The number of hydrogen-bond acceptors (Lipinski definition) is 3. The average Bonchev–Trinajstić information content (AvgIpc) is 2.49. The van der Waals surface area contributed by atoms with E-state index in [2.05, 4.69) is 21.7 Å². The summed E-state index contributed by atoms with van der Waals surface area (Å²) in [5.74, 6) is 2.59. The van der Waals surface area contributed by atoms with Crippen LogP contribution in [0.5, 0.6) is 0 Å². The van der Waals surface area contributed by atoms with Gasteiger partial charge in [0.05, 0.1) is 6.54 Å². The minimum absolute atomic E-state index is 0.500. The Bertz CT molecular complexity index is 279. The van der Waals surface area contributed by atoms with Gasteiger partial charge in [-0.25, -0.2) is 0 Å². The second kappa shape index (κ2) is 2.86. The molecule has 1 aromatic rings. The van der Waals surface area contributed by atoms with Gasteiger partial charge in [0.2, 0.25) is 0 Å². The van der Waals surface area contributed by atoms with E-state index in [4.69, 9.17) is 5.73 Å². The summed E-state index contributed by atoms with van der Waals surface area (Å²) in [6, 6.07) is 0. The second-order valence-electron chi connectivity index (χ2n) is 3.37. The van der Waals surface area contributed by atoms with Crippen LogP contribution in [0.15, 0.2) is 0 Å². The summed E-state index contributed by atoms with van der Waals surface area (Å²) >= 11 is 0. The third-order valence-corrected chi connectivity index (χ3v) is 2.50. The van der Waals surface area contributed by atoms with Crippen molar-refractivity contribution in [2.24, 2.45) is 5.73 Å². The summed E-state index contributed by atoms with van der Waals surface area (Å²) < 4.78 is 2.16. The fraction of sp³-hybridized carbons (Fsp3) is 0.750. The normalized spacial score (nSPS) is 22.3. The fourth-order valence-electron chi connectivity index (χ4n) is 1.79. The zero-order valence-electron chi connectivity index (χ0n) is 7.32. The van der Waals surface area contributed by atoms with E-state index in [-0.39, 0.29) is 0 Å². The quantitative estimate of drug-likeness (QED) is 0.666. The molecule has 0 saturated carbocycles. The van der Waals surface area contributed by atoms with E-state index in [1.165, 1.54) is 12.8 Å². The van der Waals surface area contributed by atoms with Gasteiger partial charge in [-0.3, -0.25) is 0 Å². The fourth-order valence-corrected chi connectivity index (χ4v) is 1.79. The molecule has 1 unspecified atom stereocenters. The van der Waals surface area contributed by atoms with E-state index >= 15 is 0 Å². The van der Waals surface area contributed by atoms with E-state index in [1.807, 2.05) is 0 Å². The lowest BCUT2D eigenvalue weighted by atomic mass is 10.0. The van der Waals surface area contributed by atoms with Crippen molar-refractivity contribution < 1.29 is 0 Å². The summed E-state index contributed by atoms with van der Waals surface area (Å²) in [5, 5.41) is 8.20. The molecule has 4 heteroatoms. The largest absolute Gasteiger partial charge is 0.324 e. The molecule has 0 aromatic carbocycles. The molecular formula is C8H14N4. The standard InChI is InChI=1S/C8H14N4/c1-6-3-2-4-12-7(5-9)10-11-8(6)12/h6H,2-5,9H2,1H3. The summed E-state index contributed by atoms with van der Waals surface area (Å²) in [4.78, 5) is 0. The van der Waals surface area contributed by atoms with E-state index < -0.39 is 0 Å². The van der Waals surface area contributed by atoms with Gasteiger partial charge in [-0.1, -0.05) is 6.92 Å². The second-order valence-corrected chi connectivity index (χ2v) is 3.37. The van der Waals surface area contributed by atoms with Crippen molar-refractivity contribution in [2.75, 3.05) is 0 Å². The van der Waals surface area contributed by atoms with Gasteiger partial charge < -0.3 is 10.3 Å². The molecule has 1 atom stereocenters. The van der Waals surface area contributed by atoms with Crippen LogP contribution in [-0.2, 0) is 13.1 Å². The van der Waals surface area contributed by atoms with E-state index in [9.17, 15) is 0 Å². The highest BCUT2D eigenvalue weighted by Gasteiger charge is 2.20. The molecular weight excluding hydrogens is 152 g/mol. The lowest BCUT2D eigenvalue weighted by molar-refractivity contribution is 0.454. The van der Waals surface area contributed by atoms with Crippen molar-refractivity contribution in [1.82, 2.24) is 14.8 Å². The molecule has 1 aliphatic rings. The SMILES string of the molecule is CC1CCCn2c(CN)nnc21. The highest BCUT2D eigenvalue weighted by molar-refractivity contribution is 5.03. The first-order chi connectivity index (χ1) is 5.83. The Morgan fingerprint density at radius 3 is 3.17 bits per heavy atom. The van der Waals surface area contributed by atoms with Gasteiger partial charge in [-0.2, -0.15) is 0 Å². The van der Waals surface area contributed by atoms with Crippen LogP contribution < -0.4 is 5.73 Å². The summed E-state index contributed by atoms with van der Waals surface area (Å²) in [6.07, 6.45) is 2.45. The van der Waals surface area contributed by atoms with E-state index in [0.717, 1.165) is 18.2 Å². The molecule has 2 heterocycles. The molecule has 0 amide bonds. The van der Waals surface area contributed by atoms with Gasteiger partial charge in [0.1, 0.15) is 11.6 Å². The molecule has 0 radical (unpaired) electrons. The number of hydrogen-bond donors (Lipinski definition) is 1. The molecule has 2 N–H and O–H groups in total. The Labute approximate surface area is 71.8 Å². The average molecular weight is 166 g/mol. The molecule has 12 heavy (non-hydrogen) atoms. The lowest BCUT2D eigenvalue weighted by Crippen LogP contribution is -2.17. The predicted octanol–water partition coefficient (Wildman–Crippen LogP) is 0.634. The zero-order chi connectivity index (χ0) is 8.55. The molecule has 0 fully saturated rings. The maximum Gasteiger partial charge on any atom is 0.146 e. The molecule has 1 aromatic heterocycles. The van der Waals surface area contributed by atoms with Crippen LogP contribution in [0.4, 0.5) is 0 Å². The first-order valence-corrected chi connectivity index (χ1v) is 4.45. The summed E-state index contributed by atoms with van der Waals surface area (Å²) in [7, 11) is 0. The first-order valence-electron chi connectivity index (χ1n) is 4.45. The van der Waals surface area contributed by atoms with Crippen LogP contribution in [0.1, 0.15) is 37.3 Å². The van der Waals surface area contributed by atoms with Crippen molar-refractivity contribution in [3.8, 4) is 0 Å². The number of aromatic nitrogens is 3. The van der Waals surface area contributed by atoms with Crippen molar-refractivity contribution in [2.45, 2.75) is 38.8 Å². The minimum atomic E-state index is 0.500. The smallest absolute Gasteiger partial charge is 0.146 e. The molecule has 4 nitrogen and oxygen atoms in total. The Hall–Kier alpha value is -0.900.